The van der Waals surface area contributed by atoms with E-state index in [1.807, 2.05) is 18.3 Å². The van der Waals surface area contributed by atoms with Gasteiger partial charge in [-0.2, -0.15) is 0 Å². The molecule has 9 nitrogen and oxygen atoms in total. The second-order valence-electron chi connectivity index (χ2n) is 10.1. The number of likely N-dealkylation sites (tertiary alicyclic amines) is 2. The highest BCUT2D eigenvalue weighted by Gasteiger charge is 2.45. The lowest BCUT2D eigenvalue weighted by molar-refractivity contribution is 0.0338. The van der Waals surface area contributed by atoms with E-state index in [-0.39, 0.29) is 5.54 Å². The van der Waals surface area contributed by atoms with E-state index in [2.05, 4.69) is 48.9 Å². The standard InChI is InChI=1S/C27H33N7O2/c35-26(36)33-13-8-27(9-14-33,34-11-3-4-12-34)25-22-7-6-21(19-23(22)29-20-30-25)31-15-17-32(18-16-31)24-5-1-2-10-28-24/h1-2,5-7,10,19-20H,3-4,8-9,11-18H2,(H,35,36). The number of hydrogen-bond donors (Lipinski definition) is 1. The summed E-state index contributed by atoms with van der Waals surface area (Å²) in [6.45, 7) is 6.89. The van der Waals surface area contributed by atoms with Gasteiger partial charge in [-0.3, -0.25) is 4.90 Å². The topological polar surface area (TPSA) is 88.9 Å². The van der Waals surface area contributed by atoms with Crippen LogP contribution >= 0.6 is 0 Å². The van der Waals surface area contributed by atoms with Crippen molar-refractivity contribution in [2.45, 2.75) is 31.2 Å². The maximum absolute atomic E-state index is 11.6. The SMILES string of the molecule is O=C(O)N1CCC(c2ncnc3cc(N4CCN(c5ccccn5)CC4)ccc23)(N2CCCC2)CC1. The summed E-state index contributed by atoms with van der Waals surface area (Å²) in [5.41, 5.74) is 2.97. The Balaban J connectivity index is 1.27. The highest BCUT2D eigenvalue weighted by atomic mass is 16.4. The van der Waals surface area contributed by atoms with Gasteiger partial charge in [-0.25, -0.2) is 19.7 Å². The lowest BCUT2D eigenvalue weighted by Gasteiger charge is -2.47. The quantitative estimate of drug-likeness (QED) is 0.599. The molecule has 1 N–H and O–H groups in total. The highest BCUT2D eigenvalue weighted by Crippen LogP contribution is 2.42. The van der Waals surface area contributed by atoms with Crippen molar-refractivity contribution in [3.63, 3.8) is 0 Å². The van der Waals surface area contributed by atoms with Crippen LogP contribution in [0.4, 0.5) is 16.3 Å². The third-order valence-corrected chi connectivity index (χ3v) is 8.25. The van der Waals surface area contributed by atoms with E-state index in [4.69, 9.17) is 4.98 Å². The van der Waals surface area contributed by atoms with Gasteiger partial charge in [-0.15, -0.1) is 0 Å². The number of carbonyl (C=O) groups is 1. The molecular formula is C27H33N7O2. The summed E-state index contributed by atoms with van der Waals surface area (Å²) < 4.78 is 0. The Morgan fingerprint density at radius 1 is 0.833 bits per heavy atom. The van der Waals surface area contributed by atoms with Crippen LogP contribution in [0.3, 0.4) is 0 Å². The van der Waals surface area contributed by atoms with Gasteiger partial charge in [0.1, 0.15) is 12.1 Å². The van der Waals surface area contributed by atoms with Crippen molar-refractivity contribution in [2.75, 3.05) is 62.2 Å². The molecule has 1 amide bonds. The fourth-order valence-electron chi connectivity index (χ4n) is 6.26. The molecule has 0 saturated carbocycles. The first-order chi connectivity index (χ1) is 17.6. The first-order valence-corrected chi connectivity index (χ1v) is 13.0. The largest absolute Gasteiger partial charge is 0.465 e. The van der Waals surface area contributed by atoms with Crippen LogP contribution < -0.4 is 9.80 Å². The van der Waals surface area contributed by atoms with Crippen molar-refractivity contribution in [1.82, 2.24) is 24.8 Å². The minimum atomic E-state index is -0.828. The third kappa shape index (κ3) is 4.11. The molecule has 1 aromatic carbocycles. The molecule has 2 aromatic heterocycles. The molecule has 3 aliphatic rings. The van der Waals surface area contributed by atoms with Crippen molar-refractivity contribution >= 4 is 28.5 Å². The van der Waals surface area contributed by atoms with Gasteiger partial charge in [0.2, 0.25) is 0 Å². The zero-order valence-electron chi connectivity index (χ0n) is 20.6. The number of carboxylic acid groups (broad SMARTS) is 1. The summed E-state index contributed by atoms with van der Waals surface area (Å²) in [6.07, 6.45) is 6.62. The molecular weight excluding hydrogens is 454 g/mol. The minimum Gasteiger partial charge on any atom is -0.465 e. The molecule has 3 saturated heterocycles. The van der Waals surface area contributed by atoms with Crippen LogP contribution in [-0.4, -0.2) is 88.3 Å². The number of amides is 1. The van der Waals surface area contributed by atoms with Gasteiger partial charge < -0.3 is 19.8 Å². The maximum Gasteiger partial charge on any atom is 0.407 e. The smallest absolute Gasteiger partial charge is 0.407 e. The van der Waals surface area contributed by atoms with E-state index in [1.54, 1.807) is 11.2 Å². The van der Waals surface area contributed by atoms with Crippen molar-refractivity contribution in [2.24, 2.45) is 0 Å². The van der Waals surface area contributed by atoms with Crippen LogP contribution in [0.15, 0.2) is 48.9 Å². The zero-order chi connectivity index (χ0) is 24.5. The molecule has 0 radical (unpaired) electrons. The summed E-state index contributed by atoms with van der Waals surface area (Å²) in [7, 11) is 0. The Labute approximate surface area is 211 Å². The average Bonchev–Trinajstić information content (AvgIpc) is 3.49. The molecule has 0 bridgehead atoms. The molecule has 188 valence electrons. The maximum atomic E-state index is 11.6. The predicted molar refractivity (Wildman–Crippen MR) is 140 cm³/mol. The number of aromatic nitrogens is 3. The van der Waals surface area contributed by atoms with Gasteiger partial charge in [0.05, 0.1) is 16.7 Å². The van der Waals surface area contributed by atoms with E-state index < -0.39 is 6.09 Å². The van der Waals surface area contributed by atoms with Crippen LogP contribution in [-0.2, 0) is 5.54 Å². The number of pyridine rings is 1. The molecule has 5 heterocycles. The van der Waals surface area contributed by atoms with Crippen molar-refractivity contribution in [3.05, 3.63) is 54.6 Å². The normalized spacial score (nSPS) is 20.7. The van der Waals surface area contributed by atoms with Gasteiger partial charge in [-0.05, 0) is 69.1 Å². The number of hydrogen-bond acceptors (Lipinski definition) is 7. The first kappa shape index (κ1) is 23.0. The number of rotatable bonds is 4. The van der Waals surface area contributed by atoms with Crippen LogP contribution in [0.25, 0.3) is 10.9 Å². The predicted octanol–water partition coefficient (Wildman–Crippen LogP) is 3.42. The van der Waals surface area contributed by atoms with E-state index in [9.17, 15) is 9.90 Å². The van der Waals surface area contributed by atoms with Gasteiger partial charge in [0.15, 0.2) is 0 Å². The number of fused-ring (bicyclic) bond motifs is 1. The van der Waals surface area contributed by atoms with E-state index in [1.165, 1.54) is 18.5 Å². The average molecular weight is 488 g/mol. The molecule has 0 unspecified atom stereocenters. The van der Waals surface area contributed by atoms with Crippen molar-refractivity contribution in [3.8, 4) is 0 Å². The number of anilines is 2. The zero-order valence-corrected chi connectivity index (χ0v) is 20.6. The molecule has 6 rings (SSSR count). The molecule has 0 aliphatic carbocycles. The molecule has 3 fully saturated rings. The third-order valence-electron chi connectivity index (χ3n) is 8.25. The number of benzene rings is 1. The Kier molecular flexibility index (Phi) is 6.08. The van der Waals surface area contributed by atoms with Crippen LogP contribution in [0.1, 0.15) is 31.4 Å². The molecule has 0 spiro atoms. The van der Waals surface area contributed by atoms with Crippen molar-refractivity contribution in [1.29, 1.82) is 0 Å². The highest BCUT2D eigenvalue weighted by molar-refractivity contribution is 5.85. The van der Waals surface area contributed by atoms with Gasteiger partial charge in [-0.1, -0.05) is 6.07 Å². The molecule has 0 atom stereocenters. The Hall–Kier alpha value is -3.46. The van der Waals surface area contributed by atoms with Gasteiger partial charge >= 0.3 is 6.09 Å². The Bertz CT molecular complexity index is 1220. The minimum absolute atomic E-state index is 0.237. The summed E-state index contributed by atoms with van der Waals surface area (Å²) in [4.78, 5) is 34.5. The van der Waals surface area contributed by atoms with Gasteiger partial charge in [0, 0.05) is 56.5 Å². The van der Waals surface area contributed by atoms with E-state index in [0.29, 0.717) is 13.1 Å². The van der Waals surface area contributed by atoms with Crippen molar-refractivity contribution < 1.29 is 9.90 Å². The summed E-state index contributed by atoms with van der Waals surface area (Å²) >= 11 is 0. The Morgan fingerprint density at radius 3 is 2.28 bits per heavy atom. The molecule has 3 aromatic rings. The second-order valence-corrected chi connectivity index (χ2v) is 10.1. The lowest BCUT2D eigenvalue weighted by atomic mass is 9.81. The summed E-state index contributed by atoms with van der Waals surface area (Å²) in [5, 5.41) is 10.6. The lowest BCUT2D eigenvalue weighted by Crippen LogP contribution is -2.53. The molecule has 9 heteroatoms. The number of nitrogens with zero attached hydrogens (tertiary/aromatic N) is 7. The summed E-state index contributed by atoms with van der Waals surface area (Å²) in [5.74, 6) is 1.04. The molecule has 3 aliphatic heterocycles. The van der Waals surface area contributed by atoms with Crippen LogP contribution in [0.5, 0.6) is 0 Å². The fraction of sp³-hybridized carbons (Fsp3) is 0.481. The van der Waals surface area contributed by atoms with Crippen LogP contribution in [0, 0.1) is 0 Å². The molecule has 36 heavy (non-hydrogen) atoms. The number of piperidine rings is 1. The fourth-order valence-corrected chi connectivity index (χ4v) is 6.26. The Morgan fingerprint density at radius 2 is 1.58 bits per heavy atom. The first-order valence-electron chi connectivity index (χ1n) is 13.0. The summed E-state index contributed by atoms with van der Waals surface area (Å²) in [6, 6.07) is 12.6. The second kappa shape index (κ2) is 9.54. The van der Waals surface area contributed by atoms with Gasteiger partial charge in [0.25, 0.3) is 0 Å². The monoisotopic (exact) mass is 487 g/mol. The van der Waals surface area contributed by atoms with E-state index >= 15 is 0 Å². The number of piperazine rings is 1. The van der Waals surface area contributed by atoms with Crippen LogP contribution in [0.2, 0.25) is 0 Å². The van der Waals surface area contributed by atoms with E-state index in [0.717, 1.165) is 74.5 Å².